The molecule has 0 N–H and O–H groups in total. The summed E-state index contributed by atoms with van der Waals surface area (Å²) in [6.45, 7) is 15.7. The topological polar surface area (TPSA) is 61.8 Å². The molecule has 0 spiro atoms. The van der Waals surface area contributed by atoms with Gasteiger partial charge in [0.15, 0.2) is 14.2 Å². The van der Waals surface area contributed by atoms with Crippen LogP contribution in [0.5, 0.6) is 0 Å². The second-order valence-corrected chi connectivity index (χ2v) is 12.0. The van der Waals surface area contributed by atoms with Crippen molar-refractivity contribution in [3.05, 3.63) is 0 Å². The number of esters is 2. The fourth-order valence-corrected chi connectivity index (χ4v) is 2.90. The summed E-state index contributed by atoms with van der Waals surface area (Å²) >= 11 is 0. The highest BCUT2D eigenvalue weighted by molar-refractivity contribution is 6.74. The summed E-state index contributed by atoms with van der Waals surface area (Å²) in [6.07, 6.45) is 2.00. The van der Waals surface area contributed by atoms with Crippen molar-refractivity contribution in [2.24, 2.45) is 5.92 Å². The minimum Gasteiger partial charge on any atom is -0.465 e. The van der Waals surface area contributed by atoms with Crippen LogP contribution in [0.3, 0.4) is 0 Å². The SMILES string of the molecule is CCOC(=O)C(CCCCO[Si](C)(C)C(C)(C)C)C(=O)OCC. The summed E-state index contributed by atoms with van der Waals surface area (Å²) in [7, 11) is -1.73. The number of unbranched alkanes of at least 4 members (excludes halogenated alkanes) is 1. The van der Waals surface area contributed by atoms with Gasteiger partial charge >= 0.3 is 11.9 Å². The van der Waals surface area contributed by atoms with Gasteiger partial charge in [0.05, 0.1) is 13.2 Å². The van der Waals surface area contributed by atoms with Gasteiger partial charge in [-0.15, -0.1) is 0 Å². The largest absolute Gasteiger partial charge is 0.465 e. The van der Waals surface area contributed by atoms with Crippen molar-refractivity contribution in [3.63, 3.8) is 0 Å². The summed E-state index contributed by atoms with van der Waals surface area (Å²) in [5.41, 5.74) is 0. The van der Waals surface area contributed by atoms with E-state index in [2.05, 4.69) is 33.9 Å². The van der Waals surface area contributed by atoms with Gasteiger partial charge in [-0.25, -0.2) is 0 Å². The Hall–Kier alpha value is -0.883. The van der Waals surface area contributed by atoms with Crippen molar-refractivity contribution in [3.8, 4) is 0 Å². The maximum atomic E-state index is 11.9. The van der Waals surface area contributed by atoms with Gasteiger partial charge in [-0.05, 0) is 51.2 Å². The molecule has 0 aromatic heterocycles. The van der Waals surface area contributed by atoms with E-state index in [9.17, 15) is 9.59 Å². The van der Waals surface area contributed by atoms with Gasteiger partial charge < -0.3 is 13.9 Å². The van der Waals surface area contributed by atoms with E-state index in [1.165, 1.54) is 0 Å². The first-order chi connectivity index (χ1) is 10.6. The Morgan fingerprint density at radius 2 is 1.43 bits per heavy atom. The first-order valence-corrected chi connectivity index (χ1v) is 11.4. The number of rotatable bonds is 10. The van der Waals surface area contributed by atoms with Gasteiger partial charge in [0, 0.05) is 6.61 Å². The van der Waals surface area contributed by atoms with Crippen LogP contribution >= 0.6 is 0 Å². The monoisotopic (exact) mass is 346 g/mol. The molecule has 0 saturated carbocycles. The van der Waals surface area contributed by atoms with E-state index in [1.807, 2.05) is 0 Å². The maximum absolute atomic E-state index is 11.9. The minimum atomic E-state index is -1.73. The van der Waals surface area contributed by atoms with Gasteiger partial charge in [0.25, 0.3) is 0 Å². The van der Waals surface area contributed by atoms with Crippen LogP contribution in [0.1, 0.15) is 53.9 Å². The molecule has 0 aromatic rings. The van der Waals surface area contributed by atoms with Crippen LogP contribution in [0.2, 0.25) is 18.1 Å². The molecular formula is C17H34O5Si. The highest BCUT2D eigenvalue weighted by atomic mass is 28.4. The molecule has 136 valence electrons. The van der Waals surface area contributed by atoms with Crippen molar-refractivity contribution in [1.29, 1.82) is 0 Å². The standard InChI is InChI=1S/C17H34O5Si/c1-8-20-15(18)14(16(19)21-9-2)12-10-11-13-22-23(6,7)17(3,4)5/h14H,8-13H2,1-7H3. The fourth-order valence-electron chi connectivity index (χ4n) is 1.81. The van der Waals surface area contributed by atoms with E-state index < -0.39 is 26.2 Å². The van der Waals surface area contributed by atoms with E-state index in [1.54, 1.807) is 13.8 Å². The number of hydrogen-bond acceptors (Lipinski definition) is 5. The third-order valence-electron chi connectivity index (χ3n) is 4.30. The van der Waals surface area contributed by atoms with E-state index in [0.29, 0.717) is 13.0 Å². The Morgan fingerprint density at radius 1 is 0.957 bits per heavy atom. The average Bonchev–Trinajstić information content (AvgIpc) is 2.41. The first-order valence-electron chi connectivity index (χ1n) is 8.54. The van der Waals surface area contributed by atoms with Crippen LogP contribution in [-0.2, 0) is 23.5 Å². The predicted octanol–water partition coefficient (Wildman–Crippen LogP) is 3.92. The van der Waals surface area contributed by atoms with Crippen LogP contribution in [0.15, 0.2) is 0 Å². The smallest absolute Gasteiger partial charge is 0.320 e. The molecule has 0 fully saturated rings. The Kier molecular flexibility index (Phi) is 9.69. The molecule has 0 aliphatic rings. The molecule has 23 heavy (non-hydrogen) atoms. The molecule has 0 aromatic carbocycles. The highest BCUT2D eigenvalue weighted by Gasteiger charge is 2.37. The third-order valence-corrected chi connectivity index (χ3v) is 8.84. The minimum absolute atomic E-state index is 0.186. The fraction of sp³-hybridized carbons (Fsp3) is 0.882. The molecule has 0 amide bonds. The zero-order valence-corrected chi connectivity index (χ0v) is 16.9. The summed E-state index contributed by atoms with van der Waals surface area (Å²) < 4.78 is 16.0. The maximum Gasteiger partial charge on any atom is 0.320 e. The quantitative estimate of drug-likeness (QED) is 0.260. The lowest BCUT2D eigenvalue weighted by Crippen LogP contribution is -2.41. The zero-order chi connectivity index (χ0) is 18.1. The average molecular weight is 347 g/mol. The first kappa shape index (κ1) is 22.1. The van der Waals surface area contributed by atoms with Crippen molar-refractivity contribution < 1.29 is 23.5 Å². The number of carbonyl (C=O) groups excluding carboxylic acids is 2. The highest BCUT2D eigenvalue weighted by Crippen LogP contribution is 2.36. The normalized spacial score (nSPS) is 12.3. The van der Waals surface area contributed by atoms with E-state index in [4.69, 9.17) is 13.9 Å². The molecule has 0 saturated heterocycles. The second-order valence-electron chi connectivity index (χ2n) is 7.16. The summed E-state index contributed by atoms with van der Waals surface area (Å²) in [5.74, 6) is -1.80. The van der Waals surface area contributed by atoms with Gasteiger partial charge in [-0.3, -0.25) is 9.59 Å². The number of hydrogen-bond donors (Lipinski definition) is 0. The van der Waals surface area contributed by atoms with Crippen molar-refractivity contribution in [2.75, 3.05) is 19.8 Å². The van der Waals surface area contributed by atoms with Gasteiger partial charge in [0.1, 0.15) is 0 Å². The van der Waals surface area contributed by atoms with Gasteiger partial charge in [-0.2, -0.15) is 0 Å². The zero-order valence-electron chi connectivity index (χ0n) is 15.9. The Balaban J connectivity index is 4.33. The van der Waals surface area contributed by atoms with Crippen LogP contribution < -0.4 is 0 Å². The summed E-state index contributed by atoms with van der Waals surface area (Å²) in [4.78, 5) is 23.7. The molecule has 0 rings (SSSR count). The van der Waals surface area contributed by atoms with Crippen LogP contribution in [0.4, 0.5) is 0 Å². The Morgan fingerprint density at radius 3 is 1.83 bits per heavy atom. The molecule has 5 nitrogen and oxygen atoms in total. The molecule has 0 heterocycles. The number of carbonyl (C=O) groups is 2. The van der Waals surface area contributed by atoms with Crippen LogP contribution in [0, 0.1) is 5.92 Å². The molecule has 0 aliphatic carbocycles. The van der Waals surface area contributed by atoms with Crippen molar-refractivity contribution in [1.82, 2.24) is 0 Å². The molecule has 0 bridgehead atoms. The molecule has 0 radical (unpaired) electrons. The lowest BCUT2D eigenvalue weighted by atomic mass is 10.0. The van der Waals surface area contributed by atoms with Crippen molar-refractivity contribution >= 4 is 20.3 Å². The van der Waals surface area contributed by atoms with Gasteiger partial charge in [-0.1, -0.05) is 20.8 Å². The van der Waals surface area contributed by atoms with Gasteiger partial charge in [0.2, 0.25) is 0 Å². The lowest BCUT2D eigenvalue weighted by molar-refractivity contribution is -0.162. The lowest BCUT2D eigenvalue weighted by Gasteiger charge is -2.36. The van der Waals surface area contributed by atoms with Crippen molar-refractivity contribution in [2.45, 2.75) is 72.0 Å². The van der Waals surface area contributed by atoms with Crippen LogP contribution in [0.25, 0.3) is 0 Å². The Labute approximate surface area is 142 Å². The molecule has 0 unspecified atom stereocenters. The number of ether oxygens (including phenoxy) is 2. The molecule has 0 atom stereocenters. The van der Waals surface area contributed by atoms with E-state index in [0.717, 1.165) is 12.8 Å². The predicted molar refractivity (Wildman–Crippen MR) is 93.8 cm³/mol. The van der Waals surface area contributed by atoms with E-state index >= 15 is 0 Å². The van der Waals surface area contributed by atoms with Crippen LogP contribution in [-0.4, -0.2) is 40.1 Å². The molecule has 0 aliphatic heterocycles. The second kappa shape index (κ2) is 10.1. The summed E-state index contributed by atoms with van der Waals surface area (Å²) in [6, 6.07) is 0. The molecule has 6 heteroatoms. The third kappa shape index (κ3) is 7.97. The van der Waals surface area contributed by atoms with E-state index in [-0.39, 0.29) is 18.3 Å². The summed E-state index contributed by atoms with van der Waals surface area (Å²) in [5, 5.41) is 0.186. The molecular weight excluding hydrogens is 312 g/mol. The Bertz CT molecular complexity index is 356.